The van der Waals surface area contributed by atoms with Crippen molar-refractivity contribution in [3.63, 3.8) is 0 Å². The van der Waals surface area contributed by atoms with Crippen molar-refractivity contribution in [1.82, 2.24) is 0 Å². The summed E-state index contributed by atoms with van der Waals surface area (Å²) in [7, 11) is 0. The maximum Gasteiger partial charge on any atom is 0.316 e. The van der Waals surface area contributed by atoms with E-state index in [1.54, 1.807) is 33.8 Å². The highest BCUT2D eigenvalue weighted by Gasteiger charge is 2.79. The minimum atomic E-state index is -2.50. The summed E-state index contributed by atoms with van der Waals surface area (Å²) in [5, 5.41) is 59.3. The number of allylic oxidation sites excluding steroid dienone is 8. The second-order valence-electron chi connectivity index (χ2n) is 24.6. The number of esters is 3. The van der Waals surface area contributed by atoms with Gasteiger partial charge in [0.15, 0.2) is 23.8 Å². The molecule has 5 N–H and O–H groups in total. The predicted octanol–water partition coefficient (Wildman–Crippen LogP) is 4.42. The summed E-state index contributed by atoms with van der Waals surface area (Å²) >= 11 is 0. The molecule has 6 saturated carbocycles. The third-order valence-electron chi connectivity index (χ3n) is 20.9. The lowest BCUT2D eigenvalue weighted by atomic mass is 9.42. The largest absolute Gasteiger partial charge is 0.481 e. The van der Waals surface area contributed by atoms with Crippen molar-refractivity contribution in [1.29, 1.82) is 0 Å². The molecule has 8 aliphatic rings. The van der Waals surface area contributed by atoms with Gasteiger partial charge in [0.05, 0.1) is 76.7 Å². The van der Waals surface area contributed by atoms with Crippen LogP contribution in [0.4, 0.5) is 4.39 Å². The normalized spacial score (nSPS) is 39.5. The molecule has 8 rings (SSSR count). The number of Topliss-reactive ketones (excluding diaryl/α,β-unsaturated/α-hetero) is 1. The first-order chi connectivity index (χ1) is 37.2. The van der Waals surface area contributed by atoms with E-state index < -0.39 is 129 Å². The molecule has 0 aromatic carbocycles. The molecule has 0 amide bonds. The van der Waals surface area contributed by atoms with Gasteiger partial charge in [-0.2, -0.15) is 0 Å². The lowest BCUT2D eigenvalue weighted by Crippen LogP contribution is -2.71. The third kappa shape index (κ3) is 10.0. The number of carbonyl (C=O) groups is 8. The molecule has 0 spiro atoms. The van der Waals surface area contributed by atoms with Crippen molar-refractivity contribution in [3.05, 3.63) is 47.6 Å². The Hall–Kier alpha value is -4.83. The smallest absolute Gasteiger partial charge is 0.316 e. The van der Waals surface area contributed by atoms with Crippen molar-refractivity contribution in [2.45, 2.75) is 147 Å². The zero-order chi connectivity index (χ0) is 57.6. The third-order valence-corrected chi connectivity index (χ3v) is 20.9. The topological polar surface area (TPSA) is 293 Å². The summed E-state index contributed by atoms with van der Waals surface area (Å²) < 4.78 is 51.2. The van der Waals surface area contributed by atoms with Gasteiger partial charge >= 0.3 is 23.9 Å². The summed E-state index contributed by atoms with van der Waals surface area (Å²) in [6.45, 7) is 7.72. The zero-order valence-corrected chi connectivity index (χ0v) is 46.0. The average Bonchev–Trinajstić information content (AvgIpc) is 3.74. The second-order valence-corrected chi connectivity index (χ2v) is 24.6. The van der Waals surface area contributed by atoms with E-state index in [0.717, 1.165) is 5.57 Å². The Balaban J connectivity index is 0.977. The number of hydrogen-bond donors (Lipinski definition) is 5. The minimum absolute atomic E-state index is 0.00733. The molecule has 0 aromatic heterocycles. The minimum Gasteiger partial charge on any atom is -0.481 e. The van der Waals surface area contributed by atoms with E-state index in [1.807, 2.05) is 13.0 Å². The van der Waals surface area contributed by atoms with Gasteiger partial charge in [-0.1, -0.05) is 51.0 Å². The molecule has 0 radical (unpaired) electrons. The first kappa shape index (κ1) is 60.3. The molecule has 20 heteroatoms. The van der Waals surface area contributed by atoms with Crippen LogP contribution in [-0.2, 0) is 66.8 Å². The number of rotatable bonds is 24. The Bertz CT molecular complexity index is 2560. The number of carboxylic acids is 1. The Labute approximate surface area is 459 Å². The van der Waals surface area contributed by atoms with Gasteiger partial charge in [0.1, 0.15) is 30.5 Å². The Morgan fingerprint density at radius 1 is 0.734 bits per heavy atom. The lowest BCUT2D eigenvalue weighted by molar-refractivity contribution is -0.253. The molecule has 19 nitrogen and oxygen atoms in total. The molecular weight excluding hydrogens is 1030 g/mol. The van der Waals surface area contributed by atoms with Crippen LogP contribution in [0.3, 0.4) is 0 Å². The van der Waals surface area contributed by atoms with E-state index in [2.05, 4.69) is 0 Å². The van der Waals surface area contributed by atoms with Crippen molar-refractivity contribution < 1.29 is 96.7 Å². The first-order valence-electron chi connectivity index (χ1n) is 28.0. The van der Waals surface area contributed by atoms with E-state index in [0.29, 0.717) is 37.5 Å². The summed E-state index contributed by atoms with van der Waals surface area (Å²) in [4.78, 5) is 104. The Morgan fingerprint density at radius 3 is 1.96 bits per heavy atom. The van der Waals surface area contributed by atoms with E-state index in [1.165, 1.54) is 24.3 Å². The molecular formula is C59H79FO19. The quantitative estimate of drug-likeness (QED) is 0.0387. The van der Waals surface area contributed by atoms with Crippen molar-refractivity contribution in [2.24, 2.45) is 62.6 Å². The predicted molar refractivity (Wildman–Crippen MR) is 276 cm³/mol. The van der Waals surface area contributed by atoms with Crippen molar-refractivity contribution in [3.8, 4) is 0 Å². The summed E-state index contributed by atoms with van der Waals surface area (Å²) in [6.07, 6.45) is 6.31. The Morgan fingerprint density at radius 2 is 1.33 bits per heavy atom. The van der Waals surface area contributed by atoms with Gasteiger partial charge in [-0.15, -0.1) is 0 Å². The molecule has 6 fully saturated rings. The van der Waals surface area contributed by atoms with Gasteiger partial charge in [0.2, 0.25) is 5.78 Å². The number of ketones is 3. The highest BCUT2D eigenvalue weighted by atomic mass is 19.1. The highest BCUT2D eigenvalue weighted by molar-refractivity contribution is 6.02. The average molecular weight is 1110 g/mol. The van der Waals surface area contributed by atoms with Gasteiger partial charge in [-0.05, 0) is 113 Å². The van der Waals surface area contributed by atoms with Crippen LogP contribution in [0, 0.1) is 62.6 Å². The number of carboxylic acid groups (broad SMARTS) is 1. The maximum absolute atomic E-state index is 18.3. The fraction of sp³-hybridized carbons (Fsp3) is 0.729. The van der Waals surface area contributed by atoms with E-state index in [9.17, 15) is 54.0 Å². The monoisotopic (exact) mass is 1110 g/mol. The van der Waals surface area contributed by atoms with Crippen LogP contribution in [0.1, 0.15) is 118 Å². The van der Waals surface area contributed by atoms with Crippen LogP contribution in [-0.4, -0.2) is 162 Å². The standard InChI is InChI=1S/C59H79FO19/c1-35-28-43-42-9-7-37-30-39(63)13-16-53(37,3)58(42,60)45(65)32-55(43,5)59(35,73)56(18-19-61,33-49(70)78-27-25-76-23-21-74-20-22-75-24-26-77-48(69)11-10-47(67)68)51(71)79-34-46(66)57(72)17-14-41-40-8-6-36-29-38(62)12-15-52(36,2)50(40)44(64)31-54(41,57)4/h12-13,15-16,19,29-30,35,40-45,50,64-65,72-73H,6-11,14,17-18,20-28,31-34H2,1-5H3,(H,67,68)/t35-,40?,41?,42?,43?,44+,45+,50?,52+,53+,54+,55+,56?,57+,58+,59-/m1/s1. The van der Waals surface area contributed by atoms with Crippen LogP contribution in [0.2, 0.25) is 0 Å². The van der Waals surface area contributed by atoms with Crippen LogP contribution in [0.15, 0.2) is 47.6 Å². The number of aldehydes is 1. The number of hydrogen-bond acceptors (Lipinski definition) is 18. The van der Waals surface area contributed by atoms with Gasteiger partial charge < -0.3 is 58.7 Å². The fourth-order valence-electron chi connectivity index (χ4n) is 17.1. The molecule has 16 atom stereocenters. The molecule has 79 heavy (non-hydrogen) atoms. The molecule has 6 unspecified atom stereocenters. The molecule has 0 saturated heterocycles. The number of aliphatic hydroxyl groups is 4. The SMILES string of the molecule is C[C@@H]1CC2C3CCC4=CC(=O)C=C[C@]4(C)[C@@]3(F)[C@@H](O)C[C@]2(C)[C@@]1(O)C(CC=O)(CC(=O)OCCOCCOCCOCCOC(=O)CCC(=O)O)C(=O)OCC(=O)[C@@]1(O)CCC2C3CCC4=CC(=O)C=C[C@]4(C)C3[C@@H](O)C[C@@]21C. The number of ether oxygens (including phenoxy) is 6. The van der Waals surface area contributed by atoms with Crippen LogP contribution < -0.4 is 0 Å². The van der Waals surface area contributed by atoms with E-state index in [4.69, 9.17) is 33.5 Å². The van der Waals surface area contributed by atoms with E-state index >= 15 is 9.18 Å². The van der Waals surface area contributed by atoms with Gasteiger partial charge in [-0.25, -0.2) is 4.39 Å². The number of halogens is 1. The number of aliphatic carboxylic acids is 1. The zero-order valence-electron chi connectivity index (χ0n) is 46.0. The molecule has 0 bridgehead atoms. The van der Waals surface area contributed by atoms with Gasteiger partial charge in [0.25, 0.3) is 0 Å². The maximum atomic E-state index is 18.3. The van der Waals surface area contributed by atoms with Crippen LogP contribution >= 0.6 is 0 Å². The number of aliphatic hydroxyl groups excluding tert-OH is 2. The second kappa shape index (κ2) is 22.8. The summed E-state index contributed by atoms with van der Waals surface area (Å²) in [5.74, 6) is -8.66. The van der Waals surface area contributed by atoms with Crippen molar-refractivity contribution >= 4 is 47.5 Å². The molecule has 8 aliphatic carbocycles. The Kier molecular flexibility index (Phi) is 17.4. The lowest BCUT2D eigenvalue weighted by Gasteiger charge is -2.64. The number of alkyl halides is 1. The molecule has 0 aliphatic heterocycles. The summed E-state index contributed by atoms with van der Waals surface area (Å²) in [5.41, 5.74) is -12.6. The van der Waals surface area contributed by atoms with Gasteiger partial charge in [-0.3, -0.25) is 33.6 Å². The van der Waals surface area contributed by atoms with Gasteiger partial charge in [0, 0.05) is 39.9 Å². The van der Waals surface area contributed by atoms with E-state index in [-0.39, 0.29) is 121 Å². The van der Waals surface area contributed by atoms with Crippen LogP contribution in [0.5, 0.6) is 0 Å². The number of fused-ring (bicyclic) bond motifs is 10. The number of carbonyl (C=O) groups excluding carboxylic acids is 7. The summed E-state index contributed by atoms with van der Waals surface area (Å²) in [6, 6.07) is 0. The fourth-order valence-corrected chi connectivity index (χ4v) is 17.1. The van der Waals surface area contributed by atoms with Crippen LogP contribution in [0.25, 0.3) is 0 Å². The molecule has 0 heterocycles. The van der Waals surface area contributed by atoms with Crippen molar-refractivity contribution in [2.75, 3.05) is 59.5 Å². The molecule has 436 valence electrons. The molecule has 0 aromatic rings. The highest BCUT2D eigenvalue weighted by Crippen LogP contribution is 2.74. The first-order valence-corrected chi connectivity index (χ1v) is 28.0.